The van der Waals surface area contributed by atoms with Crippen LogP contribution in [0, 0.1) is 4.84 Å². The Hall–Kier alpha value is -4.47. The summed E-state index contributed by atoms with van der Waals surface area (Å²) in [6, 6.07) is 16.4. The highest BCUT2D eigenvalue weighted by Crippen LogP contribution is 2.40. The molecule has 0 radical (unpaired) electrons. The van der Waals surface area contributed by atoms with Crippen LogP contribution in [0.5, 0.6) is 0 Å². The van der Waals surface area contributed by atoms with Crippen LogP contribution >= 0.6 is 12.2 Å². The van der Waals surface area contributed by atoms with E-state index in [1.165, 1.54) is 4.90 Å². The number of carbonyl (C=O) groups is 2. The molecule has 4 aromatic rings. The number of hydrogen-bond acceptors (Lipinski definition) is 6. The highest BCUT2D eigenvalue weighted by Gasteiger charge is 2.29. The zero-order chi connectivity index (χ0) is 22.9. The van der Waals surface area contributed by atoms with Gasteiger partial charge in [-0.3, -0.25) is 14.5 Å². The number of fused-ring (bicyclic) bond motifs is 3. The van der Waals surface area contributed by atoms with Crippen molar-refractivity contribution in [3.63, 3.8) is 0 Å². The van der Waals surface area contributed by atoms with E-state index in [4.69, 9.17) is 22.3 Å². The van der Waals surface area contributed by atoms with Crippen LogP contribution in [0.2, 0.25) is 0 Å². The van der Waals surface area contributed by atoms with Crippen molar-refractivity contribution < 1.29 is 14.1 Å². The molecule has 2 N–H and O–H groups in total. The van der Waals surface area contributed by atoms with Gasteiger partial charge in [-0.15, -0.1) is 0 Å². The number of amides is 2. The van der Waals surface area contributed by atoms with Gasteiger partial charge in [-0.2, -0.15) is 4.98 Å². The van der Waals surface area contributed by atoms with Crippen LogP contribution in [-0.2, 0) is 16.1 Å². The third-order valence-electron chi connectivity index (χ3n) is 5.26. The molecule has 11 heteroatoms. The Labute approximate surface area is 191 Å². The lowest BCUT2D eigenvalue weighted by Gasteiger charge is -2.23. The smallest absolute Gasteiger partial charge is 0.314 e. The van der Waals surface area contributed by atoms with Gasteiger partial charge < -0.3 is 9.84 Å². The molecular weight excluding hydrogens is 442 g/mol. The molecule has 5 rings (SSSR count). The van der Waals surface area contributed by atoms with Crippen molar-refractivity contribution in [2.24, 2.45) is 5.11 Å². The quantitative estimate of drug-likeness (QED) is 0.139. The fraction of sp³-hybridized carbons (Fsp3) is 0.0909. The summed E-state index contributed by atoms with van der Waals surface area (Å²) in [6.45, 7) is 0.221. The first-order chi connectivity index (χ1) is 16.0. The van der Waals surface area contributed by atoms with Gasteiger partial charge in [0.05, 0.1) is 17.9 Å². The van der Waals surface area contributed by atoms with Crippen LogP contribution < -0.4 is 10.2 Å². The van der Waals surface area contributed by atoms with Crippen molar-refractivity contribution in [3.8, 4) is 11.4 Å². The molecule has 0 fully saturated rings. The van der Waals surface area contributed by atoms with Crippen molar-refractivity contribution >= 4 is 51.9 Å². The van der Waals surface area contributed by atoms with Crippen LogP contribution in [-0.4, -0.2) is 22.0 Å². The number of benzene rings is 3. The number of H-pyrrole nitrogens is 1. The van der Waals surface area contributed by atoms with Crippen LogP contribution in [0.3, 0.4) is 0 Å². The van der Waals surface area contributed by atoms with E-state index in [0.717, 1.165) is 16.3 Å². The summed E-state index contributed by atoms with van der Waals surface area (Å²) in [4.78, 5) is 34.1. The Morgan fingerprint density at radius 3 is 2.85 bits per heavy atom. The molecule has 33 heavy (non-hydrogen) atoms. The first-order valence-electron chi connectivity index (χ1n) is 9.89. The van der Waals surface area contributed by atoms with Gasteiger partial charge in [-0.05, 0) is 46.9 Å². The highest BCUT2D eigenvalue weighted by molar-refractivity contribution is 7.71. The standard InChI is InChI=1S/C22H15N7O3S/c23-28-24-11-12-4-6-16-13(8-12)5-7-17-20(16)25-18(30)10-19(31)29(17)15-3-1-2-14(9-15)21-26-22(33)32-27-21/h1-9H,10-11H2,(H,25,30)(H,26,27,33). The Morgan fingerprint density at radius 2 is 2.06 bits per heavy atom. The fourth-order valence-corrected chi connectivity index (χ4v) is 3.99. The normalized spacial score (nSPS) is 13.3. The van der Waals surface area contributed by atoms with Crippen LogP contribution in [0.4, 0.5) is 17.1 Å². The minimum absolute atomic E-state index is 0.0766. The number of nitrogens with one attached hydrogen (secondary N) is 2. The van der Waals surface area contributed by atoms with Gasteiger partial charge in [0.25, 0.3) is 0 Å². The lowest BCUT2D eigenvalue weighted by molar-refractivity contribution is -0.124. The monoisotopic (exact) mass is 457 g/mol. The molecule has 0 spiro atoms. The third kappa shape index (κ3) is 3.82. The van der Waals surface area contributed by atoms with Gasteiger partial charge in [0.1, 0.15) is 6.42 Å². The van der Waals surface area contributed by atoms with Crippen molar-refractivity contribution in [2.45, 2.75) is 13.0 Å². The zero-order valence-corrected chi connectivity index (χ0v) is 17.8. The van der Waals surface area contributed by atoms with Crippen molar-refractivity contribution in [1.29, 1.82) is 0 Å². The van der Waals surface area contributed by atoms with E-state index < -0.39 is 5.91 Å². The molecule has 1 aliphatic heterocycles. The summed E-state index contributed by atoms with van der Waals surface area (Å²) >= 11 is 4.93. The summed E-state index contributed by atoms with van der Waals surface area (Å²) in [6.07, 6.45) is -0.304. The molecule has 0 unspecified atom stereocenters. The minimum Gasteiger partial charge on any atom is -0.348 e. The number of rotatable bonds is 4. The Morgan fingerprint density at radius 1 is 1.18 bits per heavy atom. The van der Waals surface area contributed by atoms with E-state index in [9.17, 15) is 9.59 Å². The van der Waals surface area contributed by atoms with Crippen LogP contribution in [0.25, 0.3) is 32.6 Å². The summed E-state index contributed by atoms with van der Waals surface area (Å²) in [7, 11) is 0. The molecule has 3 aromatic carbocycles. The lowest BCUT2D eigenvalue weighted by atomic mass is 10.0. The maximum absolute atomic E-state index is 13.1. The predicted molar refractivity (Wildman–Crippen MR) is 124 cm³/mol. The van der Waals surface area contributed by atoms with Gasteiger partial charge in [0.15, 0.2) is 5.82 Å². The number of aromatic amines is 1. The van der Waals surface area contributed by atoms with E-state index in [-0.39, 0.29) is 23.7 Å². The molecule has 0 atom stereocenters. The average molecular weight is 457 g/mol. The maximum Gasteiger partial charge on any atom is 0.314 e. The molecule has 10 nitrogen and oxygen atoms in total. The van der Waals surface area contributed by atoms with Crippen molar-refractivity contribution in [1.82, 2.24) is 10.1 Å². The average Bonchev–Trinajstić information content (AvgIpc) is 3.20. The SMILES string of the molecule is [N-]=[N+]=NCc1ccc2c3c(ccc2c1)N(c1cccc(-c2nc(=S)o[nH]2)c1)C(=O)CC(=O)N3. The Balaban J connectivity index is 1.66. The van der Waals surface area contributed by atoms with Gasteiger partial charge in [0.2, 0.25) is 11.8 Å². The zero-order valence-electron chi connectivity index (χ0n) is 17.0. The van der Waals surface area contributed by atoms with Gasteiger partial charge in [-0.25, -0.2) is 5.16 Å². The van der Waals surface area contributed by atoms with Gasteiger partial charge in [-0.1, -0.05) is 41.5 Å². The molecule has 1 aliphatic rings. The molecule has 162 valence electrons. The summed E-state index contributed by atoms with van der Waals surface area (Å²) in [5.74, 6) is -0.327. The molecule has 0 aliphatic carbocycles. The summed E-state index contributed by atoms with van der Waals surface area (Å²) in [5.41, 5.74) is 11.7. The number of anilines is 3. The van der Waals surface area contributed by atoms with E-state index in [0.29, 0.717) is 28.5 Å². The number of carbonyl (C=O) groups excluding carboxylic acids is 2. The first-order valence-corrected chi connectivity index (χ1v) is 10.3. The minimum atomic E-state index is -0.397. The van der Waals surface area contributed by atoms with Crippen LogP contribution in [0.1, 0.15) is 12.0 Å². The molecule has 1 aromatic heterocycles. The molecular formula is C22H15N7O3S. The second kappa shape index (κ2) is 8.23. The van der Waals surface area contributed by atoms with E-state index in [1.54, 1.807) is 24.3 Å². The van der Waals surface area contributed by atoms with Gasteiger partial charge in [0, 0.05) is 21.5 Å². The molecule has 2 heterocycles. The second-order valence-corrected chi connectivity index (χ2v) is 7.69. The predicted octanol–water partition coefficient (Wildman–Crippen LogP) is 5.37. The van der Waals surface area contributed by atoms with E-state index in [2.05, 4.69) is 25.5 Å². The molecule has 2 amide bonds. The first kappa shape index (κ1) is 20.4. The number of hydrogen-bond donors (Lipinski definition) is 2. The third-order valence-corrected chi connectivity index (χ3v) is 5.44. The largest absolute Gasteiger partial charge is 0.348 e. The highest BCUT2D eigenvalue weighted by atomic mass is 32.1. The Bertz CT molecular complexity index is 1530. The molecule has 0 saturated carbocycles. The topological polar surface area (TPSA) is 140 Å². The van der Waals surface area contributed by atoms with Crippen molar-refractivity contribution in [2.75, 3.05) is 10.2 Å². The lowest BCUT2D eigenvalue weighted by Crippen LogP contribution is -2.26. The second-order valence-electron chi connectivity index (χ2n) is 7.34. The number of aromatic nitrogens is 2. The summed E-state index contributed by atoms with van der Waals surface area (Å²) in [5, 5.41) is 10.7. The Kier molecular flexibility index (Phi) is 5.09. The molecule has 0 bridgehead atoms. The van der Waals surface area contributed by atoms with E-state index >= 15 is 0 Å². The maximum atomic E-state index is 13.1. The molecule has 0 saturated heterocycles. The summed E-state index contributed by atoms with van der Waals surface area (Å²) < 4.78 is 5.02. The van der Waals surface area contributed by atoms with Crippen LogP contribution in [0.15, 0.2) is 64.2 Å². The fourth-order valence-electron chi connectivity index (χ4n) is 3.86. The van der Waals surface area contributed by atoms with Crippen molar-refractivity contribution in [3.05, 3.63) is 75.4 Å². The van der Waals surface area contributed by atoms with Gasteiger partial charge >= 0.3 is 4.84 Å². The number of azide groups is 1. The van der Waals surface area contributed by atoms with E-state index in [1.807, 2.05) is 30.3 Å². The number of nitrogens with zero attached hydrogens (tertiary/aromatic N) is 5.